The smallest absolute Gasteiger partial charge is 0.338 e. The highest BCUT2D eigenvalue weighted by Gasteiger charge is 2.25. The molecule has 1 fully saturated rings. The molecule has 176 valence electrons. The maximum atomic E-state index is 12.6. The summed E-state index contributed by atoms with van der Waals surface area (Å²) < 4.78 is 7.63. The van der Waals surface area contributed by atoms with E-state index in [-0.39, 0.29) is 29.9 Å². The summed E-state index contributed by atoms with van der Waals surface area (Å²) >= 11 is 2.59. The number of nitrogens with zero attached hydrogens (tertiary/aromatic N) is 3. The van der Waals surface area contributed by atoms with Crippen LogP contribution in [0.15, 0.2) is 23.2 Å². The molecule has 1 aliphatic heterocycles. The first-order valence-electron chi connectivity index (χ1n) is 11.2. The predicted molar refractivity (Wildman–Crippen MR) is 132 cm³/mol. The van der Waals surface area contributed by atoms with E-state index in [9.17, 15) is 14.4 Å². The van der Waals surface area contributed by atoms with Gasteiger partial charge in [0.25, 0.3) is 5.91 Å². The van der Waals surface area contributed by atoms with E-state index < -0.39 is 5.97 Å². The quantitative estimate of drug-likeness (QED) is 0.421. The van der Waals surface area contributed by atoms with Crippen LogP contribution in [-0.2, 0) is 20.9 Å². The SMILES string of the molecule is C#CCn1c(=NC(=O)CSCC(=O)N2CCCCC2CC)sc2cc(C(=O)OCC)ccc21. The molecule has 9 heteroatoms. The molecule has 33 heavy (non-hydrogen) atoms. The second-order valence-corrected chi connectivity index (χ2v) is 9.72. The number of terminal acetylenes is 1. The van der Waals surface area contributed by atoms with Gasteiger partial charge in [0, 0.05) is 12.6 Å². The largest absolute Gasteiger partial charge is 0.462 e. The standard InChI is InChI=1S/C24H29N3O4S2/c1-4-12-27-19-11-10-17(23(30)31-6-3)14-20(19)33-24(27)25-21(28)15-32-16-22(29)26-13-8-7-9-18(26)5-2/h1,10-11,14,18H,5-9,12-13,15-16H2,2-3H3. The molecule has 1 saturated heterocycles. The number of hydrogen-bond acceptors (Lipinski definition) is 6. The summed E-state index contributed by atoms with van der Waals surface area (Å²) in [7, 11) is 0. The summed E-state index contributed by atoms with van der Waals surface area (Å²) in [5.41, 5.74) is 1.24. The maximum Gasteiger partial charge on any atom is 0.338 e. The second-order valence-electron chi connectivity index (χ2n) is 7.72. The number of carbonyl (C=O) groups excluding carboxylic acids is 3. The van der Waals surface area contributed by atoms with E-state index in [4.69, 9.17) is 11.2 Å². The Kier molecular flexibility index (Phi) is 9.15. The van der Waals surface area contributed by atoms with Crippen LogP contribution in [-0.4, -0.2) is 57.9 Å². The number of thioether (sulfide) groups is 1. The monoisotopic (exact) mass is 487 g/mol. The molecule has 2 heterocycles. The molecule has 0 aliphatic carbocycles. The molecule has 0 N–H and O–H groups in total. The average Bonchev–Trinajstić information content (AvgIpc) is 3.15. The van der Waals surface area contributed by atoms with E-state index in [1.807, 2.05) is 4.90 Å². The maximum absolute atomic E-state index is 12.6. The van der Waals surface area contributed by atoms with Crippen LogP contribution < -0.4 is 4.80 Å². The highest BCUT2D eigenvalue weighted by molar-refractivity contribution is 8.00. The molecule has 3 rings (SSSR count). The zero-order valence-corrected chi connectivity index (χ0v) is 20.7. The Morgan fingerprint density at radius 1 is 1.27 bits per heavy atom. The van der Waals surface area contributed by atoms with Gasteiger partial charge < -0.3 is 14.2 Å². The normalized spacial score (nSPS) is 16.6. The summed E-state index contributed by atoms with van der Waals surface area (Å²) in [6.45, 7) is 5.22. The Morgan fingerprint density at radius 2 is 2.09 bits per heavy atom. The first kappa shape index (κ1) is 25.1. The zero-order chi connectivity index (χ0) is 23.8. The van der Waals surface area contributed by atoms with Gasteiger partial charge in [-0.2, -0.15) is 4.99 Å². The second kappa shape index (κ2) is 12.1. The summed E-state index contributed by atoms with van der Waals surface area (Å²) in [5.74, 6) is 2.36. The van der Waals surface area contributed by atoms with Gasteiger partial charge in [0.15, 0.2) is 4.80 Å². The van der Waals surface area contributed by atoms with Crippen LogP contribution in [0.3, 0.4) is 0 Å². The van der Waals surface area contributed by atoms with Gasteiger partial charge in [-0.15, -0.1) is 18.2 Å². The summed E-state index contributed by atoms with van der Waals surface area (Å²) in [5, 5.41) is 0. The van der Waals surface area contributed by atoms with E-state index in [0.717, 1.165) is 36.0 Å². The Labute approximate surface area is 202 Å². The number of hydrogen-bond donors (Lipinski definition) is 0. The summed E-state index contributed by atoms with van der Waals surface area (Å²) in [4.78, 5) is 43.9. The van der Waals surface area contributed by atoms with Crippen LogP contribution in [0.1, 0.15) is 49.9 Å². The highest BCUT2D eigenvalue weighted by atomic mass is 32.2. The van der Waals surface area contributed by atoms with Gasteiger partial charge in [-0.3, -0.25) is 9.59 Å². The van der Waals surface area contributed by atoms with Crippen molar-refractivity contribution in [1.29, 1.82) is 0 Å². The van der Waals surface area contributed by atoms with Crippen molar-refractivity contribution in [2.75, 3.05) is 24.7 Å². The van der Waals surface area contributed by atoms with Crippen molar-refractivity contribution in [2.45, 2.75) is 52.1 Å². The number of thiazole rings is 1. The minimum atomic E-state index is -0.397. The Hall–Kier alpha value is -2.57. The van der Waals surface area contributed by atoms with E-state index in [1.54, 1.807) is 29.7 Å². The fraction of sp³-hybridized carbons (Fsp3) is 0.500. The number of likely N-dealkylation sites (tertiary alicyclic amines) is 1. The molecule has 2 amide bonds. The number of amides is 2. The molecule has 0 radical (unpaired) electrons. The van der Waals surface area contributed by atoms with Gasteiger partial charge >= 0.3 is 5.97 Å². The van der Waals surface area contributed by atoms with E-state index >= 15 is 0 Å². The molecule has 1 aromatic carbocycles. The van der Waals surface area contributed by atoms with Crippen LogP contribution in [0.5, 0.6) is 0 Å². The van der Waals surface area contributed by atoms with Crippen molar-refractivity contribution in [3.63, 3.8) is 0 Å². The lowest BCUT2D eigenvalue weighted by Crippen LogP contribution is -2.44. The first-order valence-corrected chi connectivity index (χ1v) is 13.1. The van der Waals surface area contributed by atoms with E-state index in [1.165, 1.54) is 29.5 Å². The number of benzene rings is 1. The van der Waals surface area contributed by atoms with Crippen molar-refractivity contribution in [3.8, 4) is 12.3 Å². The predicted octanol–water partition coefficient (Wildman–Crippen LogP) is 3.46. The molecule has 0 spiro atoms. The Bertz CT molecular complexity index is 1130. The van der Waals surface area contributed by atoms with Crippen LogP contribution in [0.4, 0.5) is 0 Å². The zero-order valence-electron chi connectivity index (χ0n) is 19.0. The van der Waals surface area contributed by atoms with Crippen LogP contribution in [0.25, 0.3) is 10.2 Å². The molecule has 0 bridgehead atoms. The number of carbonyl (C=O) groups is 3. The summed E-state index contributed by atoms with van der Waals surface area (Å²) in [6, 6.07) is 5.50. The minimum absolute atomic E-state index is 0.0927. The third-order valence-corrected chi connectivity index (χ3v) is 7.48. The van der Waals surface area contributed by atoms with Crippen molar-refractivity contribution < 1.29 is 19.1 Å². The molecule has 7 nitrogen and oxygen atoms in total. The van der Waals surface area contributed by atoms with Gasteiger partial charge in [-0.1, -0.05) is 24.2 Å². The molecule has 1 aliphatic rings. The van der Waals surface area contributed by atoms with Crippen LogP contribution in [0.2, 0.25) is 0 Å². The van der Waals surface area contributed by atoms with Gasteiger partial charge in [0.2, 0.25) is 5.91 Å². The number of esters is 1. The first-order chi connectivity index (χ1) is 16.0. The molecular formula is C24H29N3O4S2. The van der Waals surface area contributed by atoms with Crippen LogP contribution >= 0.6 is 23.1 Å². The number of ether oxygens (including phenoxy) is 1. The Morgan fingerprint density at radius 3 is 2.82 bits per heavy atom. The number of rotatable bonds is 8. The Balaban J connectivity index is 1.71. The van der Waals surface area contributed by atoms with Gasteiger partial charge in [0.1, 0.15) is 0 Å². The molecule has 1 atom stereocenters. The van der Waals surface area contributed by atoms with Crippen molar-refractivity contribution >= 4 is 51.1 Å². The van der Waals surface area contributed by atoms with Gasteiger partial charge in [0.05, 0.1) is 40.4 Å². The molecular weight excluding hydrogens is 458 g/mol. The van der Waals surface area contributed by atoms with Crippen molar-refractivity contribution in [2.24, 2.45) is 4.99 Å². The van der Waals surface area contributed by atoms with E-state index in [2.05, 4.69) is 17.8 Å². The molecule has 1 aromatic heterocycles. The third kappa shape index (κ3) is 6.27. The fourth-order valence-electron chi connectivity index (χ4n) is 3.94. The topological polar surface area (TPSA) is 81.0 Å². The van der Waals surface area contributed by atoms with Crippen molar-refractivity contribution in [1.82, 2.24) is 9.47 Å². The van der Waals surface area contributed by atoms with Gasteiger partial charge in [-0.25, -0.2) is 4.79 Å². The van der Waals surface area contributed by atoms with Crippen LogP contribution in [0, 0.1) is 12.3 Å². The number of aromatic nitrogens is 1. The van der Waals surface area contributed by atoms with Gasteiger partial charge in [-0.05, 0) is 50.8 Å². The lowest BCUT2D eigenvalue weighted by molar-refractivity contribution is -0.132. The van der Waals surface area contributed by atoms with E-state index in [0.29, 0.717) is 23.0 Å². The molecule has 0 saturated carbocycles. The van der Waals surface area contributed by atoms with Crippen molar-refractivity contribution in [3.05, 3.63) is 28.6 Å². The molecule has 2 aromatic rings. The minimum Gasteiger partial charge on any atom is -0.462 e. The number of piperidine rings is 1. The number of fused-ring (bicyclic) bond motifs is 1. The third-order valence-electron chi connectivity index (χ3n) is 5.53. The highest BCUT2D eigenvalue weighted by Crippen LogP contribution is 2.21. The summed E-state index contributed by atoms with van der Waals surface area (Å²) in [6.07, 6.45) is 9.75. The molecule has 1 unspecified atom stereocenters. The lowest BCUT2D eigenvalue weighted by Gasteiger charge is -2.35. The fourth-order valence-corrected chi connectivity index (χ4v) is 5.71. The lowest BCUT2D eigenvalue weighted by atomic mass is 10.0. The average molecular weight is 488 g/mol.